The van der Waals surface area contributed by atoms with Crippen molar-refractivity contribution in [2.24, 2.45) is 0 Å². The van der Waals surface area contributed by atoms with Gasteiger partial charge in [0.15, 0.2) is 0 Å². The monoisotopic (exact) mass is 391 g/mol. The molecular weight excluding hydrogens is 376 g/mol. The molecule has 0 saturated carbocycles. The van der Waals surface area contributed by atoms with Crippen LogP contribution in [-0.4, -0.2) is 66.1 Å². The molecule has 133 valence electrons. The van der Waals surface area contributed by atoms with Crippen LogP contribution >= 0.6 is 0 Å². The van der Waals surface area contributed by atoms with Crippen molar-refractivity contribution in [2.75, 3.05) is 26.4 Å². The molecule has 1 aliphatic rings. The van der Waals surface area contributed by atoms with Gasteiger partial charge in [-0.15, -0.1) is 0 Å². The summed E-state index contributed by atoms with van der Waals surface area (Å²) in [5, 5.41) is 16.6. The van der Waals surface area contributed by atoms with E-state index in [2.05, 4.69) is 4.74 Å². The predicted octanol–water partition coefficient (Wildman–Crippen LogP) is -1.95. The van der Waals surface area contributed by atoms with Crippen LogP contribution in [0, 0.1) is 0 Å². The molecule has 0 bridgehead atoms. The molecule has 0 saturated heterocycles. The minimum absolute atomic E-state index is 0. The SMILES string of the molecule is O=C1C=CC(=O)O1.O=S(=O)([O-])[O-].OCCCOCCCO.[Cu+2]. The molecule has 0 spiro atoms. The zero-order valence-electron chi connectivity index (χ0n) is 11.3. The second-order valence-electron chi connectivity index (χ2n) is 3.25. The quantitative estimate of drug-likeness (QED) is 0.129. The van der Waals surface area contributed by atoms with Crippen molar-refractivity contribution >= 4 is 22.3 Å². The minimum atomic E-state index is -5.17. The van der Waals surface area contributed by atoms with Gasteiger partial charge in [0.05, 0.1) is 0 Å². The van der Waals surface area contributed by atoms with Gasteiger partial charge in [-0.3, -0.25) is 8.42 Å². The first-order valence-corrected chi connectivity index (χ1v) is 6.94. The number of carbonyl (C=O) groups excluding carboxylic acids is 2. The van der Waals surface area contributed by atoms with Gasteiger partial charge in [0, 0.05) is 49.0 Å². The summed E-state index contributed by atoms with van der Waals surface area (Å²) in [6.45, 7) is 1.55. The maximum absolute atomic E-state index is 9.92. The zero-order chi connectivity index (χ0) is 16.7. The van der Waals surface area contributed by atoms with E-state index in [1.807, 2.05) is 0 Å². The molecule has 0 aromatic rings. The maximum Gasteiger partial charge on any atom is 2.00 e. The normalized spacial score (nSPS) is 12.4. The summed E-state index contributed by atoms with van der Waals surface area (Å²) >= 11 is 0. The van der Waals surface area contributed by atoms with Crippen molar-refractivity contribution in [3.8, 4) is 0 Å². The first-order valence-electron chi connectivity index (χ1n) is 5.60. The van der Waals surface area contributed by atoms with Crippen LogP contribution in [0.4, 0.5) is 0 Å². The van der Waals surface area contributed by atoms with Crippen LogP contribution in [0.1, 0.15) is 12.8 Å². The molecule has 0 unspecified atom stereocenters. The number of cyclic esters (lactones) is 2. The zero-order valence-corrected chi connectivity index (χ0v) is 13.0. The van der Waals surface area contributed by atoms with E-state index in [-0.39, 0.29) is 30.3 Å². The van der Waals surface area contributed by atoms with Crippen molar-refractivity contribution in [3.63, 3.8) is 0 Å². The summed E-state index contributed by atoms with van der Waals surface area (Å²) in [6.07, 6.45) is 3.54. The Labute approximate surface area is 138 Å². The van der Waals surface area contributed by atoms with E-state index >= 15 is 0 Å². The number of carbonyl (C=O) groups is 2. The van der Waals surface area contributed by atoms with Crippen LogP contribution in [0.5, 0.6) is 0 Å². The van der Waals surface area contributed by atoms with Gasteiger partial charge in [-0.1, -0.05) is 0 Å². The average molecular weight is 392 g/mol. The minimum Gasteiger partial charge on any atom is -0.759 e. The Bertz CT molecular complexity index is 389. The molecule has 0 fully saturated rings. The Morgan fingerprint density at radius 2 is 1.32 bits per heavy atom. The van der Waals surface area contributed by atoms with Crippen LogP contribution in [0.15, 0.2) is 12.2 Å². The van der Waals surface area contributed by atoms with Crippen molar-refractivity contribution in [1.82, 2.24) is 0 Å². The second-order valence-corrected chi connectivity index (χ2v) is 4.06. The van der Waals surface area contributed by atoms with E-state index in [0.29, 0.717) is 26.1 Å². The number of ether oxygens (including phenoxy) is 2. The molecule has 0 aromatic heterocycles. The smallest absolute Gasteiger partial charge is 0.759 e. The summed E-state index contributed by atoms with van der Waals surface area (Å²) in [7, 11) is -5.17. The number of hydrogen-bond acceptors (Lipinski definition) is 10. The summed E-state index contributed by atoms with van der Waals surface area (Å²) in [4.78, 5) is 19.8. The van der Waals surface area contributed by atoms with Gasteiger partial charge in [-0.2, -0.15) is 0 Å². The fourth-order valence-corrected chi connectivity index (χ4v) is 0.739. The molecule has 1 radical (unpaired) electrons. The summed E-state index contributed by atoms with van der Waals surface area (Å²) < 4.78 is 43.1. The van der Waals surface area contributed by atoms with E-state index in [1.165, 1.54) is 0 Å². The van der Waals surface area contributed by atoms with E-state index < -0.39 is 22.3 Å². The Hall–Kier alpha value is -0.851. The molecule has 1 rings (SSSR count). The van der Waals surface area contributed by atoms with Crippen LogP contribution < -0.4 is 0 Å². The van der Waals surface area contributed by atoms with E-state index in [4.69, 9.17) is 32.5 Å². The largest absolute Gasteiger partial charge is 2.00 e. The molecule has 12 heteroatoms. The third-order valence-corrected chi connectivity index (χ3v) is 1.45. The van der Waals surface area contributed by atoms with Gasteiger partial charge in [-0.25, -0.2) is 9.59 Å². The topological polar surface area (TPSA) is 173 Å². The Morgan fingerprint density at radius 1 is 1.00 bits per heavy atom. The molecule has 1 aliphatic heterocycles. The molecule has 22 heavy (non-hydrogen) atoms. The van der Waals surface area contributed by atoms with E-state index in [9.17, 15) is 9.59 Å². The van der Waals surface area contributed by atoms with Gasteiger partial charge >= 0.3 is 29.0 Å². The molecule has 0 atom stereocenters. The van der Waals surface area contributed by atoms with Gasteiger partial charge in [0.25, 0.3) is 0 Å². The Balaban J connectivity index is -0.000000250. The van der Waals surface area contributed by atoms with Crippen molar-refractivity contribution in [2.45, 2.75) is 12.8 Å². The number of esters is 2. The summed E-state index contributed by atoms with van der Waals surface area (Å²) in [5.74, 6) is -1.16. The van der Waals surface area contributed by atoms with Crippen molar-refractivity contribution < 1.29 is 63.9 Å². The number of rotatable bonds is 6. The van der Waals surface area contributed by atoms with Crippen molar-refractivity contribution in [1.29, 1.82) is 0 Å². The Morgan fingerprint density at radius 3 is 1.50 bits per heavy atom. The molecule has 0 aliphatic carbocycles. The molecule has 10 nitrogen and oxygen atoms in total. The van der Waals surface area contributed by atoms with Crippen LogP contribution in [0.3, 0.4) is 0 Å². The van der Waals surface area contributed by atoms with Gasteiger partial charge < -0.3 is 28.8 Å². The van der Waals surface area contributed by atoms with Crippen molar-refractivity contribution in [3.05, 3.63) is 12.2 Å². The van der Waals surface area contributed by atoms with Crippen LogP contribution in [-0.2, 0) is 46.5 Å². The second kappa shape index (κ2) is 16.5. The Kier molecular flexibility index (Phi) is 19.6. The maximum atomic E-state index is 9.92. The fourth-order valence-electron chi connectivity index (χ4n) is 0.739. The van der Waals surface area contributed by atoms with Crippen LogP contribution in [0.25, 0.3) is 0 Å². The number of aliphatic hydroxyl groups is 2. The molecule has 0 aromatic carbocycles. The van der Waals surface area contributed by atoms with Gasteiger partial charge in [0.1, 0.15) is 0 Å². The summed E-state index contributed by atoms with van der Waals surface area (Å²) in [6, 6.07) is 0. The number of hydrogen-bond donors (Lipinski definition) is 2. The first kappa shape index (κ1) is 26.1. The predicted molar refractivity (Wildman–Crippen MR) is 64.9 cm³/mol. The van der Waals surface area contributed by atoms with E-state index in [1.54, 1.807) is 0 Å². The number of aliphatic hydroxyl groups excluding tert-OH is 2. The van der Waals surface area contributed by atoms with E-state index in [0.717, 1.165) is 12.2 Å². The molecule has 1 heterocycles. The van der Waals surface area contributed by atoms with Crippen LogP contribution in [0.2, 0.25) is 0 Å². The molecule has 2 N–H and O–H groups in total. The first-order chi connectivity index (χ1) is 9.70. The fraction of sp³-hybridized carbons (Fsp3) is 0.600. The third kappa shape index (κ3) is 31.5. The molecular formula is C10H16CuO10S. The summed E-state index contributed by atoms with van der Waals surface area (Å²) in [5.41, 5.74) is 0. The van der Waals surface area contributed by atoms with Gasteiger partial charge in [0.2, 0.25) is 0 Å². The third-order valence-electron chi connectivity index (χ3n) is 1.45. The van der Waals surface area contributed by atoms with Gasteiger partial charge in [-0.05, 0) is 12.8 Å². The standard InChI is InChI=1S/C6H14O3.C4H2O3.Cu.H2O4S/c7-3-1-5-9-6-2-4-8;5-3-1-2-4(6)7-3;;1-5(2,3)4/h7-8H,1-6H2;1-2H;;(H2,1,2,3,4)/q;;+2;/p-2. The molecule has 0 amide bonds. The average Bonchev–Trinajstić information content (AvgIpc) is 2.72.